The molecule has 2 amide bonds. The molecular weight excluding hydrogens is 196 g/mol. The lowest BCUT2D eigenvalue weighted by Crippen LogP contribution is -2.47. The Labute approximate surface area is 89.6 Å². The Balaban J connectivity index is 2.29. The lowest BCUT2D eigenvalue weighted by molar-refractivity contribution is -0.139. The van der Waals surface area contributed by atoms with E-state index in [0.29, 0.717) is 32.6 Å². The third-order valence-electron chi connectivity index (χ3n) is 2.50. The average molecular weight is 214 g/mol. The zero-order valence-electron chi connectivity index (χ0n) is 9.07. The summed E-state index contributed by atoms with van der Waals surface area (Å²) in [6, 6.07) is 0.139. The van der Waals surface area contributed by atoms with Gasteiger partial charge in [-0.2, -0.15) is 0 Å². The van der Waals surface area contributed by atoms with E-state index in [-0.39, 0.29) is 24.3 Å². The van der Waals surface area contributed by atoms with Gasteiger partial charge in [0, 0.05) is 19.4 Å². The molecule has 86 valence electrons. The van der Waals surface area contributed by atoms with Crippen molar-refractivity contribution in [2.24, 2.45) is 5.73 Å². The summed E-state index contributed by atoms with van der Waals surface area (Å²) in [5, 5.41) is 0. The second-order valence-electron chi connectivity index (χ2n) is 3.83. The number of nitrogens with zero attached hydrogens (tertiary/aromatic N) is 1. The fourth-order valence-electron chi connectivity index (χ4n) is 1.66. The number of nitrogens with two attached hydrogens (primary N) is 1. The number of rotatable bonds is 4. The SMILES string of the molecule is C[C@@H]1COCCN1C(=O)CCCC(N)=O. The van der Waals surface area contributed by atoms with E-state index in [0.717, 1.165) is 0 Å². The standard InChI is InChI=1S/C10H18N2O3/c1-8-7-15-6-5-12(8)10(14)4-2-3-9(11)13/h8H,2-7H2,1H3,(H2,11,13)/t8-/m1/s1. The number of ether oxygens (including phenoxy) is 1. The van der Waals surface area contributed by atoms with Gasteiger partial charge in [-0.05, 0) is 13.3 Å². The highest BCUT2D eigenvalue weighted by molar-refractivity contribution is 5.78. The van der Waals surface area contributed by atoms with Crippen molar-refractivity contribution < 1.29 is 14.3 Å². The average Bonchev–Trinajstić information content (AvgIpc) is 2.17. The first-order chi connectivity index (χ1) is 7.11. The molecule has 5 nitrogen and oxygen atoms in total. The minimum Gasteiger partial charge on any atom is -0.377 e. The fourth-order valence-corrected chi connectivity index (χ4v) is 1.66. The molecule has 0 spiro atoms. The van der Waals surface area contributed by atoms with Crippen LogP contribution in [0.3, 0.4) is 0 Å². The molecule has 15 heavy (non-hydrogen) atoms. The van der Waals surface area contributed by atoms with Crippen LogP contribution in [0.25, 0.3) is 0 Å². The van der Waals surface area contributed by atoms with Crippen LogP contribution in [-0.2, 0) is 14.3 Å². The largest absolute Gasteiger partial charge is 0.377 e. The lowest BCUT2D eigenvalue weighted by Gasteiger charge is -2.33. The van der Waals surface area contributed by atoms with Crippen LogP contribution in [0.15, 0.2) is 0 Å². The van der Waals surface area contributed by atoms with E-state index < -0.39 is 0 Å². The van der Waals surface area contributed by atoms with Gasteiger partial charge in [-0.3, -0.25) is 9.59 Å². The molecule has 1 saturated heterocycles. The molecular formula is C10H18N2O3. The van der Waals surface area contributed by atoms with E-state index in [1.54, 1.807) is 0 Å². The molecule has 1 fully saturated rings. The maximum absolute atomic E-state index is 11.7. The zero-order chi connectivity index (χ0) is 11.3. The van der Waals surface area contributed by atoms with E-state index in [4.69, 9.17) is 10.5 Å². The number of morpholine rings is 1. The van der Waals surface area contributed by atoms with Gasteiger partial charge >= 0.3 is 0 Å². The number of primary amides is 1. The van der Waals surface area contributed by atoms with E-state index in [9.17, 15) is 9.59 Å². The van der Waals surface area contributed by atoms with Crippen molar-refractivity contribution in [2.45, 2.75) is 32.2 Å². The molecule has 0 aromatic heterocycles. The first-order valence-electron chi connectivity index (χ1n) is 5.27. The Bertz CT molecular complexity index is 243. The molecule has 1 atom stereocenters. The first kappa shape index (κ1) is 12.0. The monoisotopic (exact) mass is 214 g/mol. The highest BCUT2D eigenvalue weighted by Gasteiger charge is 2.22. The van der Waals surface area contributed by atoms with Gasteiger partial charge in [0.15, 0.2) is 0 Å². The number of hydrogen-bond acceptors (Lipinski definition) is 3. The summed E-state index contributed by atoms with van der Waals surface area (Å²) < 4.78 is 5.24. The van der Waals surface area contributed by atoms with Crippen molar-refractivity contribution in [1.82, 2.24) is 4.90 Å². The van der Waals surface area contributed by atoms with E-state index in [2.05, 4.69) is 0 Å². The minimum atomic E-state index is -0.349. The van der Waals surface area contributed by atoms with E-state index in [1.807, 2.05) is 11.8 Å². The number of hydrogen-bond donors (Lipinski definition) is 1. The second kappa shape index (κ2) is 5.70. The molecule has 5 heteroatoms. The predicted octanol–water partition coefficient (Wildman–Crippen LogP) is -0.111. The van der Waals surface area contributed by atoms with E-state index in [1.165, 1.54) is 0 Å². The summed E-state index contributed by atoms with van der Waals surface area (Å²) in [5.74, 6) is -0.259. The number of amides is 2. The molecule has 1 heterocycles. The third kappa shape index (κ3) is 3.87. The zero-order valence-corrected chi connectivity index (χ0v) is 9.07. The minimum absolute atomic E-state index is 0.0899. The molecule has 0 radical (unpaired) electrons. The highest BCUT2D eigenvalue weighted by Crippen LogP contribution is 2.09. The van der Waals surface area contributed by atoms with Crippen LogP contribution in [0.2, 0.25) is 0 Å². The van der Waals surface area contributed by atoms with Crippen LogP contribution < -0.4 is 5.73 Å². The highest BCUT2D eigenvalue weighted by atomic mass is 16.5. The molecule has 0 bridgehead atoms. The summed E-state index contributed by atoms with van der Waals surface area (Å²) in [4.78, 5) is 24.0. The lowest BCUT2D eigenvalue weighted by atomic mass is 10.2. The van der Waals surface area contributed by atoms with Crippen molar-refractivity contribution in [3.05, 3.63) is 0 Å². The van der Waals surface area contributed by atoms with Crippen LogP contribution in [0.5, 0.6) is 0 Å². The van der Waals surface area contributed by atoms with E-state index >= 15 is 0 Å². The third-order valence-corrected chi connectivity index (χ3v) is 2.50. The van der Waals surface area contributed by atoms with Crippen molar-refractivity contribution >= 4 is 11.8 Å². The van der Waals surface area contributed by atoms with Gasteiger partial charge < -0.3 is 15.4 Å². The molecule has 2 N–H and O–H groups in total. The van der Waals surface area contributed by atoms with Gasteiger partial charge in [0.25, 0.3) is 0 Å². The predicted molar refractivity (Wildman–Crippen MR) is 55.0 cm³/mol. The molecule has 1 aliphatic heterocycles. The van der Waals surface area contributed by atoms with Gasteiger partial charge in [0.05, 0.1) is 19.3 Å². The smallest absolute Gasteiger partial charge is 0.222 e. The Morgan fingerprint density at radius 3 is 2.80 bits per heavy atom. The molecule has 0 aliphatic carbocycles. The normalized spacial score (nSPS) is 21.4. The van der Waals surface area contributed by atoms with Gasteiger partial charge in [0.2, 0.25) is 11.8 Å². The summed E-state index contributed by atoms with van der Waals surface area (Å²) in [6.45, 7) is 3.81. The summed E-state index contributed by atoms with van der Waals surface area (Å²) in [5.41, 5.74) is 5.00. The molecule has 0 unspecified atom stereocenters. The summed E-state index contributed by atoms with van der Waals surface area (Å²) in [7, 11) is 0. The van der Waals surface area contributed by atoms with Crippen molar-refractivity contribution in [2.75, 3.05) is 19.8 Å². The summed E-state index contributed by atoms with van der Waals surface area (Å²) in [6.07, 6.45) is 1.22. The van der Waals surface area contributed by atoms with Crippen LogP contribution in [-0.4, -0.2) is 42.5 Å². The van der Waals surface area contributed by atoms with Gasteiger partial charge in [-0.25, -0.2) is 0 Å². The van der Waals surface area contributed by atoms with Crippen LogP contribution in [0, 0.1) is 0 Å². The summed E-state index contributed by atoms with van der Waals surface area (Å²) >= 11 is 0. The maximum atomic E-state index is 11.7. The second-order valence-corrected chi connectivity index (χ2v) is 3.83. The fraction of sp³-hybridized carbons (Fsp3) is 0.800. The first-order valence-corrected chi connectivity index (χ1v) is 5.27. The van der Waals surface area contributed by atoms with Crippen LogP contribution in [0.4, 0.5) is 0 Å². The Morgan fingerprint density at radius 2 is 2.20 bits per heavy atom. The Kier molecular flexibility index (Phi) is 4.55. The molecule has 0 aromatic rings. The van der Waals surface area contributed by atoms with Crippen LogP contribution in [0.1, 0.15) is 26.2 Å². The van der Waals surface area contributed by atoms with Crippen molar-refractivity contribution in [3.8, 4) is 0 Å². The number of carbonyl (C=O) groups is 2. The van der Waals surface area contributed by atoms with Gasteiger partial charge in [0.1, 0.15) is 0 Å². The number of carbonyl (C=O) groups excluding carboxylic acids is 2. The van der Waals surface area contributed by atoms with Crippen molar-refractivity contribution in [3.63, 3.8) is 0 Å². The van der Waals surface area contributed by atoms with Gasteiger partial charge in [-0.1, -0.05) is 0 Å². The van der Waals surface area contributed by atoms with Crippen LogP contribution >= 0.6 is 0 Å². The Morgan fingerprint density at radius 1 is 1.47 bits per heavy atom. The molecule has 0 aromatic carbocycles. The Hall–Kier alpha value is -1.10. The maximum Gasteiger partial charge on any atom is 0.222 e. The quantitative estimate of drug-likeness (QED) is 0.709. The topological polar surface area (TPSA) is 72.6 Å². The van der Waals surface area contributed by atoms with Gasteiger partial charge in [-0.15, -0.1) is 0 Å². The van der Waals surface area contributed by atoms with Crippen molar-refractivity contribution in [1.29, 1.82) is 0 Å². The molecule has 1 rings (SSSR count). The molecule has 1 aliphatic rings. The molecule has 0 saturated carbocycles.